The summed E-state index contributed by atoms with van der Waals surface area (Å²) in [7, 11) is 0. The third-order valence-electron chi connectivity index (χ3n) is 3.64. The molecule has 3 rings (SSSR count). The highest BCUT2D eigenvalue weighted by Crippen LogP contribution is 2.30. The summed E-state index contributed by atoms with van der Waals surface area (Å²) in [6.07, 6.45) is -0.315. The van der Waals surface area contributed by atoms with Gasteiger partial charge in [-0.2, -0.15) is 13.2 Å². The van der Waals surface area contributed by atoms with E-state index in [0.29, 0.717) is 28.5 Å². The molecule has 3 aromatic rings. The van der Waals surface area contributed by atoms with E-state index in [-0.39, 0.29) is 0 Å². The van der Waals surface area contributed by atoms with Gasteiger partial charge in [0, 0.05) is 29.5 Å². The summed E-state index contributed by atoms with van der Waals surface area (Å²) >= 11 is 0. The minimum absolute atomic E-state index is 0.332. The van der Waals surface area contributed by atoms with Crippen molar-refractivity contribution in [2.24, 2.45) is 5.73 Å². The number of hydrogen-bond donors (Lipinski definition) is 1. The molecule has 0 aliphatic rings. The van der Waals surface area contributed by atoms with Gasteiger partial charge in [0.1, 0.15) is 0 Å². The highest BCUT2D eigenvalue weighted by molar-refractivity contribution is 5.94. The molecule has 2 heterocycles. The predicted octanol–water partition coefficient (Wildman–Crippen LogP) is 3.34. The Labute approximate surface area is 135 Å². The van der Waals surface area contributed by atoms with E-state index in [4.69, 9.17) is 5.73 Å². The van der Waals surface area contributed by atoms with Crippen molar-refractivity contribution in [3.63, 3.8) is 0 Å². The fourth-order valence-electron chi connectivity index (χ4n) is 2.47. The highest BCUT2D eigenvalue weighted by Gasteiger charge is 2.31. The summed E-state index contributed by atoms with van der Waals surface area (Å²) in [6, 6.07) is 7.59. The second-order valence-corrected chi connectivity index (χ2v) is 5.32. The quantitative estimate of drug-likeness (QED) is 0.800. The van der Waals surface area contributed by atoms with Crippen molar-refractivity contribution in [2.75, 3.05) is 0 Å². The van der Waals surface area contributed by atoms with E-state index in [0.717, 1.165) is 17.8 Å². The third-order valence-corrected chi connectivity index (χ3v) is 3.64. The summed E-state index contributed by atoms with van der Waals surface area (Å²) in [6.45, 7) is 0. The van der Waals surface area contributed by atoms with Crippen LogP contribution < -0.4 is 5.73 Å². The number of nitrogens with two attached hydrogens (primary N) is 1. The third kappa shape index (κ3) is 3.19. The number of hydrogen-bond acceptors (Lipinski definition) is 3. The lowest BCUT2D eigenvalue weighted by molar-refractivity contribution is -0.137. The number of fused-ring (bicyclic) bond motifs is 1. The van der Waals surface area contributed by atoms with Gasteiger partial charge in [0.25, 0.3) is 0 Å². The molecule has 0 saturated heterocycles. The van der Waals surface area contributed by atoms with Crippen LogP contribution >= 0.6 is 0 Å². The van der Waals surface area contributed by atoms with Crippen molar-refractivity contribution >= 4 is 16.8 Å². The van der Waals surface area contributed by atoms with Crippen LogP contribution in [0.4, 0.5) is 13.2 Å². The van der Waals surface area contributed by atoms with Crippen molar-refractivity contribution in [1.82, 2.24) is 9.97 Å². The van der Waals surface area contributed by atoms with Crippen LogP contribution in [0.5, 0.6) is 0 Å². The van der Waals surface area contributed by atoms with E-state index in [1.54, 1.807) is 18.2 Å². The molecule has 0 atom stereocenters. The van der Waals surface area contributed by atoms with Gasteiger partial charge in [-0.05, 0) is 41.8 Å². The van der Waals surface area contributed by atoms with Crippen LogP contribution in [0.25, 0.3) is 10.9 Å². The van der Waals surface area contributed by atoms with Crippen molar-refractivity contribution in [1.29, 1.82) is 0 Å². The van der Waals surface area contributed by atoms with E-state index in [1.165, 1.54) is 18.5 Å². The topological polar surface area (TPSA) is 68.9 Å². The number of nitrogens with zero attached hydrogens (tertiary/aromatic N) is 2. The van der Waals surface area contributed by atoms with Gasteiger partial charge >= 0.3 is 6.18 Å². The number of carbonyl (C=O) groups is 1. The van der Waals surface area contributed by atoms with Gasteiger partial charge < -0.3 is 5.73 Å². The first-order valence-electron chi connectivity index (χ1n) is 7.03. The molecular formula is C17H12F3N3O. The summed E-state index contributed by atoms with van der Waals surface area (Å²) < 4.78 is 38.4. The zero-order valence-electron chi connectivity index (χ0n) is 12.3. The number of carbonyl (C=O) groups excluding carboxylic acids is 1. The van der Waals surface area contributed by atoms with Crippen LogP contribution in [-0.2, 0) is 12.6 Å². The van der Waals surface area contributed by atoms with Crippen molar-refractivity contribution < 1.29 is 18.0 Å². The molecule has 0 bridgehead atoms. The number of halogens is 3. The largest absolute Gasteiger partial charge is 0.417 e. The lowest BCUT2D eigenvalue weighted by atomic mass is 10.00. The maximum atomic E-state index is 12.8. The number of rotatable bonds is 3. The summed E-state index contributed by atoms with van der Waals surface area (Å²) in [5.41, 5.74) is 6.68. The monoisotopic (exact) mass is 331 g/mol. The first-order chi connectivity index (χ1) is 11.3. The molecule has 1 aromatic carbocycles. The van der Waals surface area contributed by atoms with Gasteiger partial charge in [-0.3, -0.25) is 14.8 Å². The summed E-state index contributed by atoms with van der Waals surface area (Å²) in [4.78, 5) is 19.2. The zero-order chi connectivity index (χ0) is 17.3. The molecule has 0 aliphatic heterocycles. The Morgan fingerprint density at radius 1 is 1.12 bits per heavy atom. The lowest BCUT2D eigenvalue weighted by Gasteiger charge is -2.09. The van der Waals surface area contributed by atoms with Gasteiger partial charge in [-0.1, -0.05) is 6.07 Å². The maximum absolute atomic E-state index is 12.8. The van der Waals surface area contributed by atoms with Gasteiger partial charge in [0.2, 0.25) is 5.91 Å². The van der Waals surface area contributed by atoms with Crippen LogP contribution in [0.15, 0.2) is 48.9 Å². The second-order valence-electron chi connectivity index (χ2n) is 5.32. The molecule has 0 unspecified atom stereocenters. The fraction of sp³-hybridized carbons (Fsp3) is 0.118. The predicted molar refractivity (Wildman–Crippen MR) is 82.3 cm³/mol. The molecule has 0 fully saturated rings. The Balaban J connectivity index is 2.00. The number of aromatic nitrogens is 2. The highest BCUT2D eigenvalue weighted by atomic mass is 19.4. The van der Waals surface area contributed by atoms with E-state index < -0.39 is 17.6 Å². The van der Waals surface area contributed by atoms with E-state index >= 15 is 0 Å². The second kappa shape index (κ2) is 5.92. The van der Waals surface area contributed by atoms with Crippen LogP contribution in [0.3, 0.4) is 0 Å². The van der Waals surface area contributed by atoms with E-state index in [2.05, 4.69) is 9.97 Å². The molecular weight excluding hydrogens is 319 g/mol. The Morgan fingerprint density at radius 2 is 1.92 bits per heavy atom. The number of amides is 1. The average molecular weight is 331 g/mol. The summed E-state index contributed by atoms with van der Waals surface area (Å²) in [5, 5.41) is 0.381. The molecule has 0 saturated carbocycles. The average Bonchev–Trinajstić information content (AvgIpc) is 2.53. The molecule has 2 aromatic heterocycles. The van der Waals surface area contributed by atoms with Crippen LogP contribution in [0, 0.1) is 0 Å². The normalized spacial score (nSPS) is 11.6. The molecule has 4 nitrogen and oxygen atoms in total. The van der Waals surface area contributed by atoms with E-state index in [9.17, 15) is 18.0 Å². The molecule has 0 spiro atoms. The molecule has 2 N–H and O–H groups in total. The van der Waals surface area contributed by atoms with Crippen LogP contribution in [-0.4, -0.2) is 15.9 Å². The minimum Gasteiger partial charge on any atom is -0.366 e. The maximum Gasteiger partial charge on any atom is 0.417 e. The molecule has 1 amide bonds. The van der Waals surface area contributed by atoms with Crippen molar-refractivity contribution in [3.05, 3.63) is 71.2 Å². The number of benzene rings is 1. The lowest BCUT2D eigenvalue weighted by Crippen LogP contribution is -2.14. The van der Waals surface area contributed by atoms with E-state index in [1.807, 2.05) is 0 Å². The SMILES string of the molecule is NC(=O)c1ccncc1Cc1ccc2ncc(C(F)(F)F)cc2c1. The van der Waals surface area contributed by atoms with Gasteiger partial charge in [-0.15, -0.1) is 0 Å². The first-order valence-corrected chi connectivity index (χ1v) is 7.03. The molecule has 24 heavy (non-hydrogen) atoms. The fourth-order valence-corrected chi connectivity index (χ4v) is 2.47. The first kappa shape index (κ1) is 15.9. The van der Waals surface area contributed by atoms with Gasteiger partial charge in [0.05, 0.1) is 11.1 Å². The minimum atomic E-state index is -4.44. The van der Waals surface area contributed by atoms with Crippen LogP contribution in [0.2, 0.25) is 0 Å². The number of alkyl halides is 3. The van der Waals surface area contributed by atoms with Crippen LogP contribution in [0.1, 0.15) is 27.0 Å². The summed E-state index contributed by atoms with van der Waals surface area (Å²) in [5.74, 6) is -0.575. The Morgan fingerprint density at radius 3 is 2.62 bits per heavy atom. The van der Waals surface area contributed by atoms with Gasteiger partial charge in [-0.25, -0.2) is 0 Å². The Bertz CT molecular complexity index is 922. The number of pyridine rings is 2. The van der Waals surface area contributed by atoms with Crippen molar-refractivity contribution in [2.45, 2.75) is 12.6 Å². The standard InChI is InChI=1S/C17H12F3N3O/c18-17(19,20)13-7-11-5-10(1-2-15(11)23-9-13)6-12-8-22-4-3-14(12)16(21)24/h1-5,7-9H,6H2,(H2,21,24). The smallest absolute Gasteiger partial charge is 0.366 e. The molecule has 0 radical (unpaired) electrons. The Hall–Kier alpha value is -2.96. The van der Waals surface area contributed by atoms with Gasteiger partial charge in [0.15, 0.2) is 0 Å². The molecule has 7 heteroatoms. The Kier molecular flexibility index (Phi) is 3.92. The van der Waals surface area contributed by atoms with Crippen molar-refractivity contribution in [3.8, 4) is 0 Å². The molecule has 0 aliphatic carbocycles. The zero-order valence-corrected chi connectivity index (χ0v) is 12.3. The number of primary amides is 1. The molecule has 122 valence electrons.